The lowest BCUT2D eigenvalue weighted by Crippen LogP contribution is -2.18. The fourth-order valence-electron chi connectivity index (χ4n) is 0.835. The van der Waals surface area contributed by atoms with Gasteiger partial charge in [0, 0.05) is 18.9 Å². The van der Waals surface area contributed by atoms with Gasteiger partial charge in [-0.25, -0.2) is 4.39 Å². The molecule has 3 heteroatoms. The first-order valence-corrected chi connectivity index (χ1v) is 2.95. The molecule has 2 atom stereocenters. The van der Waals surface area contributed by atoms with E-state index in [1.54, 1.807) is 6.42 Å². The lowest BCUT2D eigenvalue weighted by Gasteiger charge is -2.06. The van der Waals surface area contributed by atoms with Crippen molar-refractivity contribution in [2.24, 2.45) is 5.73 Å². The Morgan fingerprint density at radius 1 is 1.88 bits per heavy atom. The van der Waals surface area contributed by atoms with Gasteiger partial charge in [-0.2, -0.15) is 0 Å². The average Bonchev–Trinajstić information content (AvgIpc) is 1.82. The highest BCUT2D eigenvalue weighted by molar-refractivity contribution is 6.23. The van der Waals surface area contributed by atoms with Gasteiger partial charge in [0.25, 0.3) is 0 Å². The van der Waals surface area contributed by atoms with Gasteiger partial charge in [-0.15, -0.1) is 0 Å². The number of rotatable bonds is 0. The summed E-state index contributed by atoms with van der Waals surface area (Å²) in [5, 5.41) is -1.54. The van der Waals surface area contributed by atoms with E-state index in [9.17, 15) is 4.39 Å². The van der Waals surface area contributed by atoms with E-state index in [1.165, 1.54) is 0 Å². The number of halogens is 2. The topological polar surface area (TPSA) is 26.0 Å². The van der Waals surface area contributed by atoms with Crippen molar-refractivity contribution >= 4 is 11.6 Å². The van der Waals surface area contributed by atoms with Gasteiger partial charge >= 0.3 is 0 Å². The van der Waals surface area contributed by atoms with Gasteiger partial charge in [-0.05, 0) is 6.42 Å². The number of hydrogen-bond acceptors (Lipinski definition) is 1. The standard InChI is InChI=1S/C5H8ClFN/c6-5(7)2-1-4(8)3-5/h1,4H,2-3,8H2/t4?,5-/m1/s1. The molecule has 1 radical (unpaired) electrons. The molecule has 1 saturated carbocycles. The van der Waals surface area contributed by atoms with Crippen LogP contribution in [0.15, 0.2) is 0 Å². The molecule has 47 valence electrons. The molecule has 0 amide bonds. The molecule has 1 aliphatic rings. The van der Waals surface area contributed by atoms with Crippen LogP contribution in [-0.4, -0.2) is 11.2 Å². The third-order valence-electron chi connectivity index (χ3n) is 1.25. The van der Waals surface area contributed by atoms with Crippen LogP contribution >= 0.6 is 11.6 Å². The van der Waals surface area contributed by atoms with Crippen LogP contribution in [0.5, 0.6) is 0 Å². The summed E-state index contributed by atoms with van der Waals surface area (Å²) < 4.78 is 12.5. The summed E-state index contributed by atoms with van der Waals surface area (Å²) in [7, 11) is 0. The predicted octanol–water partition coefficient (Wildman–Crippen LogP) is 1.22. The highest BCUT2D eigenvalue weighted by atomic mass is 35.5. The first kappa shape index (κ1) is 6.30. The maximum atomic E-state index is 12.5. The maximum Gasteiger partial charge on any atom is 0.185 e. The molecule has 0 aromatic heterocycles. The summed E-state index contributed by atoms with van der Waals surface area (Å²) in [5.41, 5.74) is 5.33. The third-order valence-corrected chi connectivity index (χ3v) is 1.56. The highest BCUT2D eigenvalue weighted by Crippen LogP contribution is 2.35. The van der Waals surface area contributed by atoms with E-state index in [0.29, 0.717) is 0 Å². The molecule has 1 aliphatic carbocycles. The molecule has 8 heavy (non-hydrogen) atoms. The van der Waals surface area contributed by atoms with E-state index in [0.717, 1.165) is 0 Å². The molecule has 0 aromatic carbocycles. The van der Waals surface area contributed by atoms with Crippen molar-refractivity contribution < 1.29 is 4.39 Å². The van der Waals surface area contributed by atoms with Gasteiger partial charge in [-0.3, -0.25) is 0 Å². The molecule has 0 spiro atoms. The molecule has 1 rings (SSSR count). The van der Waals surface area contributed by atoms with Crippen LogP contribution < -0.4 is 5.73 Å². The van der Waals surface area contributed by atoms with E-state index >= 15 is 0 Å². The molecule has 1 fully saturated rings. The van der Waals surface area contributed by atoms with Crippen LogP contribution in [0.2, 0.25) is 0 Å². The number of nitrogens with two attached hydrogens (primary N) is 1. The molecule has 0 saturated heterocycles. The van der Waals surface area contributed by atoms with Crippen molar-refractivity contribution in [3.05, 3.63) is 6.42 Å². The van der Waals surface area contributed by atoms with Crippen LogP contribution in [0, 0.1) is 6.42 Å². The second kappa shape index (κ2) is 1.85. The van der Waals surface area contributed by atoms with Crippen LogP contribution in [0.4, 0.5) is 4.39 Å². The van der Waals surface area contributed by atoms with Gasteiger partial charge in [0.05, 0.1) is 0 Å². The average molecular weight is 137 g/mol. The zero-order valence-corrected chi connectivity index (χ0v) is 5.16. The van der Waals surface area contributed by atoms with Crippen molar-refractivity contribution in [2.45, 2.75) is 24.0 Å². The summed E-state index contributed by atoms with van der Waals surface area (Å²) in [4.78, 5) is 0. The minimum atomic E-state index is -1.54. The zero-order valence-electron chi connectivity index (χ0n) is 4.40. The Kier molecular flexibility index (Phi) is 1.46. The lowest BCUT2D eigenvalue weighted by molar-refractivity contribution is 0.287. The Hall–Kier alpha value is 0.180. The lowest BCUT2D eigenvalue weighted by atomic mass is 10.3. The monoisotopic (exact) mass is 136 g/mol. The quantitative estimate of drug-likeness (QED) is 0.498. The normalized spacial score (nSPS) is 47.6. The van der Waals surface area contributed by atoms with E-state index in [-0.39, 0.29) is 18.9 Å². The molecule has 1 nitrogen and oxygen atoms in total. The van der Waals surface area contributed by atoms with Gasteiger partial charge in [0.2, 0.25) is 0 Å². The molecule has 1 unspecified atom stereocenters. The summed E-state index contributed by atoms with van der Waals surface area (Å²) in [5.74, 6) is 0. The van der Waals surface area contributed by atoms with E-state index in [2.05, 4.69) is 0 Å². The minimum absolute atomic E-state index is 0.141. The van der Waals surface area contributed by atoms with Crippen LogP contribution in [-0.2, 0) is 0 Å². The summed E-state index contributed by atoms with van der Waals surface area (Å²) in [6.07, 6.45) is 2.25. The van der Waals surface area contributed by atoms with Gasteiger partial charge < -0.3 is 5.73 Å². The Morgan fingerprint density at radius 3 is 2.62 bits per heavy atom. The molecule has 0 bridgehead atoms. The third kappa shape index (κ3) is 1.33. The predicted molar refractivity (Wildman–Crippen MR) is 31.2 cm³/mol. The fraction of sp³-hybridized carbons (Fsp3) is 0.800. The Balaban J connectivity index is 2.44. The molecule has 0 aromatic rings. The molecule has 0 aliphatic heterocycles. The van der Waals surface area contributed by atoms with Crippen molar-refractivity contribution in [1.82, 2.24) is 0 Å². The highest BCUT2D eigenvalue weighted by Gasteiger charge is 2.35. The Bertz CT molecular complexity index is 94.4. The van der Waals surface area contributed by atoms with Crippen molar-refractivity contribution in [3.8, 4) is 0 Å². The first-order chi connectivity index (χ1) is 3.60. The second-order valence-corrected chi connectivity index (χ2v) is 2.84. The SMILES string of the molecule is NC1[CH]C[C@](F)(Cl)C1. The van der Waals surface area contributed by atoms with Crippen LogP contribution in [0.1, 0.15) is 12.8 Å². The molecular formula is C5H8ClFN. The summed E-state index contributed by atoms with van der Waals surface area (Å²) in [6, 6.07) is -0.141. The van der Waals surface area contributed by atoms with Crippen LogP contribution in [0.25, 0.3) is 0 Å². The second-order valence-electron chi connectivity index (χ2n) is 2.16. The largest absolute Gasteiger partial charge is 0.327 e. The van der Waals surface area contributed by atoms with Gasteiger partial charge in [-0.1, -0.05) is 11.6 Å². The molecular weight excluding hydrogens is 129 g/mol. The molecule has 0 heterocycles. The molecule has 2 N–H and O–H groups in total. The van der Waals surface area contributed by atoms with Crippen molar-refractivity contribution in [2.75, 3.05) is 0 Å². The minimum Gasteiger partial charge on any atom is -0.327 e. The number of alkyl halides is 2. The number of hydrogen-bond donors (Lipinski definition) is 1. The van der Waals surface area contributed by atoms with E-state index in [1.807, 2.05) is 0 Å². The van der Waals surface area contributed by atoms with E-state index in [4.69, 9.17) is 17.3 Å². The zero-order chi connectivity index (χ0) is 6.20. The van der Waals surface area contributed by atoms with Gasteiger partial charge in [0.15, 0.2) is 5.13 Å². The maximum absolute atomic E-state index is 12.5. The summed E-state index contributed by atoms with van der Waals surface area (Å²) in [6.45, 7) is 0. The first-order valence-electron chi connectivity index (χ1n) is 2.57. The Labute approximate surface area is 53.0 Å². The Morgan fingerprint density at radius 2 is 2.50 bits per heavy atom. The van der Waals surface area contributed by atoms with Gasteiger partial charge in [0.1, 0.15) is 0 Å². The fourth-order valence-corrected chi connectivity index (χ4v) is 1.10. The summed E-state index contributed by atoms with van der Waals surface area (Å²) >= 11 is 5.28. The van der Waals surface area contributed by atoms with Crippen LogP contribution in [0.3, 0.4) is 0 Å². The van der Waals surface area contributed by atoms with E-state index < -0.39 is 5.13 Å². The van der Waals surface area contributed by atoms with Crippen molar-refractivity contribution in [3.63, 3.8) is 0 Å². The van der Waals surface area contributed by atoms with Crippen molar-refractivity contribution in [1.29, 1.82) is 0 Å². The smallest absolute Gasteiger partial charge is 0.185 e.